The molecule has 35 heavy (non-hydrogen) atoms. The first-order chi connectivity index (χ1) is 17.3. The Hall–Kier alpha value is -2.55. The quantitative estimate of drug-likeness (QED) is 0.381. The van der Waals surface area contributed by atoms with Crippen molar-refractivity contribution in [3.05, 3.63) is 47.3 Å². The summed E-state index contributed by atoms with van der Waals surface area (Å²) in [6, 6.07) is 8.53. The van der Waals surface area contributed by atoms with Crippen LogP contribution in [0, 0.1) is 0 Å². The molecule has 2 aromatic heterocycles. The molecule has 0 fully saturated rings. The molecule has 3 heterocycles. The maximum Gasteiger partial charge on any atom is 0.253 e. The van der Waals surface area contributed by atoms with E-state index in [2.05, 4.69) is 61.7 Å². The number of hydrogen-bond donors (Lipinski definition) is 2. The van der Waals surface area contributed by atoms with Gasteiger partial charge in [0.25, 0.3) is 5.88 Å². The van der Waals surface area contributed by atoms with Gasteiger partial charge >= 0.3 is 0 Å². The standard InChI is InChI=1S/C27H36N6OS/c1-33-17-6-9-20(19-33)25-27(32-35-31-25)34-18-8-15-28-14-7-16-29-26-21-10-2-4-12-23(21)30-24-13-5-3-11-22(24)26/h2,4,9-10,12,28H,3,5-8,11,13-19H2,1H3,(H,29,30). The van der Waals surface area contributed by atoms with Crippen molar-refractivity contribution in [1.82, 2.24) is 23.9 Å². The molecule has 0 atom stereocenters. The molecule has 1 aromatic carbocycles. The lowest BCUT2D eigenvalue weighted by Gasteiger charge is -2.22. The van der Waals surface area contributed by atoms with Gasteiger partial charge in [-0.25, -0.2) is 0 Å². The Kier molecular flexibility index (Phi) is 8.23. The highest BCUT2D eigenvalue weighted by Gasteiger charge is 2.19. The summed E-state index contributed by atoms with van der Waals surface area (Å²) >= 11 is 1.23. The van der Waals surface area contributed by atoms with Gasteiger partial charge in [0.15, 0.2) is 0 Å². The normalized spacial score (nSPS) is 16.2. The first-order valence-corrected chi connectivity index (χ1v) is 13.7. The Balaban J connectivity index is 1.03. The Morgan fingerprint density at radius 1 is 1.06 bits per heavy atom. The molecule has 1 aliphatic heterocycles. The van der Waals surface area contributed by atoms with Crippen molar-refractivity contribution in [2.45, 2.75) is 44.9 Å². The molecule has 8 heteroatoms. The van der Waals surface area contributed by atoms with Crippen molar-refractivity contribution in [1.29, 1.82) is 0 Å². The van der Waals surface area contributed by atoms with E-state index in [9.17, 15) is 0 Å². The number of fused-ring (bicyclic) bond motifs is 2. The molecule has 5 rings (SSSR count). The number of benzene rings is 1. The molecule has 0 amide bonds. The van der Waals surface area contributed by atoms with Crippen molar-refractivity contribution < 1.29 is 4.74 Å². The highest BCUT2D eigenvalue weighted by molar-refractivity contribution is 6.99. The average molecular weight is 493 g/mol. The Morgan fingerprint density at radius 3 is 2.89 bits per heavy atom. The van der Waals surface area contributed by atoms with Crippen molar-refractivity contribution >= 4 is 33.9 Å². The van der Waals surface area contributed by atoms with Gasteiger partial charge < -0.3 is 20.3 Å². The minimum absolute atomic E-state index is 0.655. The van der Waals surface area contributed by atoms with Crippen LogP contribution in [0.3, 0.4) is 0 Å². The zero-order chi connectivity index (χ0) is 23.9. The summed E-state index contributed by atoms with van der Waals surface area (Å²) in [5.74, 6) is 0.689. The number of aryl methyl sites for hydroxylation is 1. The number of ether oxygens (including phenoxy) is 1. The third-order valence-corrected chi connectivity index (χ3v) is 7.35. The lowest BCUT2D eigenvalue weighted by Crippen LogP contribution is -2.25. The van der Waals surface area contributed by atoms with Crippen molar-refractivity contribution in [3.63, 3.8) is 0 Å². The van der Waals surface area contributed by atoms with Gasteiger partial charge in [-0.1, -0.05) is 24.3 Å². The molecule has 3 aromatic rings. The number of likely N-dealkylation sites (N-methyl/N-ethyl adjacent to an activating group) is 1. The number of nitrogens with zero attached hydrogens (tertiary/aromatic N) is 4. The summed E-state index contributed by atoms with van der Waals surface area (Å²) in [6.45, 7) is 5.55. The first-order valence-electron chi connectivity index (χ1n) is 13.0. The molecule has 1 aliphatic carbocycles. The van der Waals surface area contributed by atoms with Gasteiger partial charge in [-0.3, -0.25) is 4.98 Å². The molecule has 0 spiro atoms. The summed E-state index contributed by atoms with van der Waals surface area (Å²) in [5, 5.41) is 8.56. The monoisotopic (exact) mass is 492 g/mol. The van der Waals surface area contributed by atoms with E-state index in [4.69, 9.17) is 9.72 Å². The molecule has 0 unspecified atom stereocenters. The SMILES string of the molecule is CN1CCC=C(c2nsnc2OCCCNCCCNc2c3c(nc4ccccc24)CCCC3)C1. The van der Waals surface area contributed by atoms with E-state index in [1.807, 2.05) is 0 Å². The van der Waals surface area contributed by atoms with Gasteiger partial charge in [-0.05, 0) is 82.3 Å². The Morgan fingerprint density at radius 2 is 1.94 bits per heavy atom. The fourth-order valence-electron chi connectivity index (χ4n) is 5.03. The molecule has 7 nitrogen and oxygen atoms in total. The van der Waals surface area contributed by atoms with Crippen LogP contribution in [0.2, 0.25) is 0 Å². The maximum atomic E-state index is 5.96. The molecule has 2 aliphatic rings. The average Bonchev–Trinajstić information content (AvgIpc) is 3.36. The maximum absolute atomic E-state index is 5.96. The van der Waals surface area contributed by atoms with Crippen LogP contribution in [-0.4, -0.2) is 65.0 Å². The third kappa shape index (κ3) is 6.00. The topological polar surface area (TPSA) is 75.2 Å². The van der Waals surface area contributed by atoms with Crippen LogP contribution in [0.1, 0.15) is 49.1 Å². The molecule has 2 N–H and O–H groups in total. The van der Waals surface area contributed by atoms with E-state index in [-0.39, 0.29) is 0 Å². The second-order valence-corrected chi connectivity index (χ2v) is 10.1. The van der Waals surface area contributed by atoms with Crippen molar-refractivity contribution in [3.8, 4) is 5.88 Å². The number of pyridine rings is 1. The van der Waals surface area contributed by atoms with Crippen LogP contribution in [0.25, 0.3) is 16.5 Å². The zero-order valence-corrected chi connectivity index (χ0v) is 21.5. The molecule has 0 saturated carbocycles. The van der Waals surface area contributed by atoms with E-state index in [1.165, 1.54) is 52.5 Å². The van der Waals surface area contributed by atoms with Gasteiger partial charge in [0.05, 0.1) is 23.9 Å². The number of para-hydroxylation sites is 1. The van der Waals surface area contributed by atoms with E-state index in [0.29, 0.717) is 12.5 Å². The summed E-state index contributed by atoms with van der Waals surface area (Å²) in [4.78, 5) is 7.25. The fourth-order valence-corrected chi connectivity index (χ4v) is 5.56. The summed E-state index contributed by atoms with van der Waals surface area (Å²) < 4.78 is 14.8. The number of rotatable bonds is 11. The van der Waals surface area contributed by atoms with E-state index in [0.717, 1.165) is 76.0 Å². The first kappa shape index (κ1) is 24.2. The minimum Gasteiger partial charge on any atom is -0.475 e. The molecular formula is C27H36N6OS. The lowest BCUT2D eigenvalue weighted by molar-refractivity contribution is 0.297. The predicted octanol–water partition coefficient (Wildman–Crippen LogP) is 4.54. The molecule has 186 valence electrons. The molecular weight excluding hydrogens is 456 g/mol. The highest BCUT2D eigenvalue weighted by Crippen LogP contribution is 2.33. The van der Waals surface area contributed by atoms with Crippen LogP contribution in [-0.2, 0) is 12.8 Å². The number of nitrogens with one attached hydrogen (secondary N) is 2. The van der Waals surface area contributed by atoms with Crippen LogP contribution in [0.15, 0.2) is 30.3 Å². The fraction of sp³-hybridized carbons (Fsp3) is 0.519. The van der Waals surface area contributed by atoms with Crippen molar-refractivity contribution in [2.75, 3.05) is 51.7 Å². The van der Waals surface area contributed by atoms with E-state index in [1.54, 1.807) is 0 Å². The summed E-state index contributed by atoms with van der Waals surface area (Å²) in [7, 11) is 2.14. The second kappa shape index (κ2) is 11.9. The number of anilines is 1. The van der Waals surface area contributed by atoms with Gasteiger partial charge in [-0.2, -0.15) is 4.37 Å². The third-order valence-electron chi connectivity index (χ3n) is 6.84. The number of hydrogen-bond acceptors (Lipinski definition) is 8. The van der Waals surface area contributed by atoms with Crippen molar-refractivity contribution in [2.24, 2.45) is 0 Å². The lowest BCUT2D eigenvalue weighted by atomic mass is 9.92. The van der Waals surface area contributed by atoms with Gasteiger partial charge in [0.2, 0.25) is 0 Å². The largest absolute Gasteiger partial charge is 0.475 e. The smallest absolute Gasteiger partial charge is 0.253 e. The predicted molar refractivity (Wildman–Crippen MR) is 144 cm³/mol. The second-order valence-electron chi connectivity index (χ2n) is 9.54. The van der Waals surface area contributed by atoms with E-state index >= 15 is 0 Å². The highest BCUT2D eigenvalue weighted by atomic mass is 32.1. The van der Waals surface area contributed by atoms with Crippen LogP contribution in [0.4, 0.5) is 5.69 Å². The molecule has 0 radical (unpaired) electrons. The molecule has 0 bridgehead atoms. The Labute approximate surface area is 212 Å². The van der Waals surface area contributed by atoms with E-state index < -0.39 is 0 Å². The minimum atomic E-state index is 0.655. The van der Waals surface area contributed by atoms with Crippen LogP contribution in [0.5, 0.6) is 5.88 Å². The van der Waals surface area contributed by atoms with Crippen LogP contribution < -0.4 is 15.4 Å². The number of aromatic nitrogens is 3. The van der Waals surface area contributed by atoms with Gasteiger partial charge in [0.1, 0.15) is 5.69 Å². The molecule has 0 saturated heterocycles. The zero-order valence-electron chi connectivity index (χ0n) is 20.7. The van der Waals surface area contributed by atoms with Gasteiger partial charge in [0, 0.05) is 36.4 Å². The van der Waals surface area contributed by atoms with Gasteiger partial charge in [-0.15, -0.1) is 4.37 Å². The van der Waals surface area contributed by atoms with Crippen LogP contribution >= 0.6 is 11.7 Å². The summed E-state index contributed by atoms with van der Waals surface area (Å²) in [5.41, 5.74) is 7.31. The Bertz CT molecular complexity index is 1160. The summed E-state index contributed by atoms with van der Waals surface area (Å²) in [6.07, 6.45) is 10.1.